The molecule has 4 bridgehead atoms. The molecule has 4 heterocycles. The van der Waals surface area contributed by atoms with Gasteiger partial charge in [-0.2, -0.15) is 5.26 Å². The Balaban J connectivity index is 0.000000527. The van der Waals surface area contributed by atoms with Crippen LogP contribution in [-0.2, 0) is 16.0 Å². The second-order valence-electron chi connectivity index (χ2n) is 11.8. The van der Waals surface area contributed by atoms with Crippen molar-refractivity contribution in [2.45, 2.75) is 57.9 Å². The molecule has 10 nitrogen and oxygen atoms in total. The molecule has 1 saturated heterocycles. The molecule has 2 unspecified atom stereocenters. The third-order valence-electron chi connectivity index (χ3n) is 8.35. The maximum absolute atomic E-state index is 13.5. The van der Waals surface area contributed by atoms with Crippen LogP contribution in [0.4, 0.5) is 10.1 Å². The quantitative estimate of drug-likeness (QED) is 0.417. The van der Waals surface area contributed by atoms with E-state index in [2.05, 4.69) is 46.8 Å². The standard InChI is InChI=1S/C28H28FN7O3.C7H10/c29-21-7-11-23(12-8-21)36-17-25(32-33-36)28(39)34-13-3-1-2-4-19-5-9-22(10-6-19)31-27(38)20-14-24(15-30)35(16-20)26(37)18-34;1-7-5-3-2-4-6-7/h5-12,17,20,24H,1-4,13-14,16,18H2,(H,31,38);3,5-6H,2,4H2,1H3. The Morgan fingerprint density at radius 2 is 1.83 bits per heavy atom. The van der Waals surface area contributed by atoms with Gasteiger partial charge in [0.05, 0.1) is 23.9 Å². The second-order valence-corrected chi connectivity index (χ2v) is 11.8. The Morgan fingerprint density at radius 3 is 2.50 bits per heavy atom. The topological polar surface area (TPSA) is 124 Å². The van der Waals surface area contributed by atoms with Crippen LogP contribution < -0.4 is 5.32 Å². The third kappa shape index (κ3) is 8.33. The summed E-state index contributed by atoms with van der Waals surface area (Å²) >= 11 is 0. The lowest BCUT2D eigenvalue weighted by Crippen LogP contribution is -2.45. The summed E-state index contributed by atoms with van der Waals surface area (Å²) in [6.07, 6.45) is 14.1. The Hall–Kier alpha value is -5.11. The summed E-state index contributed by atoms with van der Waals surface area (Å²) in [4.78, 5) is 42.6. The van der Waals surface area contributed by atoms with E-state index >= 15 is 0 Å². The van der Waals surface area contributed by atoms with E-state index in [9.17, 15) is 24.0 Å². The fourth-order valence-electron chi connectivity index (χ4n) is 5.73. The zero-order chi connectivity index (χ0) is 32.5. The van der Waals surface area contributed by atoms with Crippen LogP contribution in [0.1, 0.15) is 61.5 Å². The van der Waals surface area contributed by atoms with Gasteiger partial charge in [0.15, 0.2) is 5.69 Å². The van der Waals surface area contributed by atoms with Crippen molar-refractivity contribution in [2.24, 2.45) is 5.92 Å². The molecule has 0 spiro atoms. The molecule has 238 valence electrons. The number of hydrogen-bond acceptors (Lipinski definition) is 6. The van der Waals surface area contributed by atoms with E-state index in [1.807, 2.05) is 24.3 Å². The number of nitrogens with one attached hydrogen (secondary N) is 1. The molecule has 1 aliphatic carbocycles. The van der Waals surface area contributed by atoms with E-state index in [1.54, 1.807) is 0 Å². The molecule has 1 aromatic heterocycles. The molecule has 1 N–H and O–H groups in total. The zero-order valence-electron chi connectivity index (χ0n) is 25.9. The van der Waals surface area contributed by atoms with Crippen LogP contribution in [0.15, 0.2) is 78.5 Å². The van der Waals surface area contributed by atoms with E-state index in [4.69, 9.17) is 0 Å². The second kappa shape index (κ2) is 15.3. The van der Waals surface area contributed by atoms with Gasteiger partial charge in [0.25, 0.3) is 5.91 Å². The summed E-state index contributed by atoms with van der Waals surface area (Å²) in [7, 11) is 0. The summed E-state index contributed by atoms with van der Waals surface area (Å²) in [6.45, 7) is 2.31. The maximum atomic E-state index is 13.5. The van der Waals surface area contributed by atoms with Gasteiger partial charge in [-0.1, -0.05) is 47.6 Å². The number of rotatable bonds is 2. The Morgan fingerprint density at radius 1 is 1.04 bits per heavy atom. The summed E-state index contributed by atoms with van der Waals surface area (Å²) in [5.41, 5.74) is 3.82. The lowest BCUT2D eigenvalue weighted by atomic mass is 10.0. The minimum absolute atomic E-state index is 0.0494. The molecule has 3 amide bonds. The van der Waals surface area contributed by atoms with Crippen molar-refractivity contribution in [2.75, 3.05) is 25.0 Å². The molecule has 7 rings (SSSR count). The number of aromatic nitrogens is 3. The van der Waals surface area contributed by atoms with Gasteiger partial charge >= 0.3 is 0 Å². The van der Waals surface area contributed by atoms with Crippen LogP contribution in [0.25, 0.3) is 5.69 Å². The number of fused-ring (bicyclic) bond motifs is 10. The summed E-state index contributed by atoms with van der Waals surface area (Å²) in [6, 6.07) is 14.7. The highest BCUT2D eigenvalue weighted by Crippen LogP contribution is 2.25. The molecule has 11 heteroatoms. The van der Waals surface area contributed by atoms with Crippen molar-refractivity contribution in [3.8, 4) is 11.8 Å². The van der Waals surface area contributed by atoms with Crippen LogP contribution in [0.3, 0.4) is 0 Å². The van der Waals surface area contributed by atoms with E-state index in [0.29, 0.717) is 24.3 Å². The van der Waals surface area contributed by atoms with Crippen LogP contribution in [0.2, 0.25) is 0 Å². The maximum Gasteiger partial charge on any atom is 0.276 e. The number of benzene rings is 2. The van der Waals surface area contributed by atoms with E-state index in [-0.39, 0.29) is 31.1 Å². The van der Waals surface area contributed by atoms with Gasteiger partial charge in [-0.15, -0.1) is 5.10 Å². The summed E-state index contributed by atoms with van der Waals surface area (Å²) in [5, 5.41) is 20.6. The molecular weight excluding hydrogens is 585 g/mol. The van der Waals surface area contributed by atoms with E-state index < -0.39 is 29.6 Å². The number of carbonyl (C=O) groups is 3. The number of carbonyl (C=O) groups excluding carboxylic acids is 3. The van der Waals surface area contributed by atoms with Crippen molar-refractivity contribution in [1.29, 1.82) is 5.26 Å². The molecule has 3 aliphatic heterocycles. The molecule has 2 aromatic carbocycles. The fraction of sp³-hybridized carbons (Fsp3) is 0.371. The third-order valence-corrected chi connectivity index (χ3v) is 8.35. The first-order valence-corrected chi connectivity index (χ1v) is 15.7. The van der Waals surface area contributed by atoms with Gasteiger partial charge in [0.1, 0.15) is 18.4 Å². The van der Waals surface area contributed by atoms with Gasteiger partial charge < -0.3 is 15.1 Å². The number of hydrogen-bond donors (Lipinski definition) is 1. The molecule has 2 atom stereocenters. The van der Waals surface area contributed by atoms with Gasteiger partial charge in [-0.05, 0) is 87.4 Å². The monoisotopic (exact) mass is 623 g/mol. The summed E-state index contributed by atoms with van der Waals surface area (Å²) in [5.74, 6) is -2.03. The highest BCUT2D eigenvalue weighted by molar-refractivity contribution is 5.96. The van der Waals surface area contributed by atoms with Crippen molar-refractivity contribution >= 4 is 23.4 Å². The Kier molecular flexibility index (Phi) is 10.7. The number of allylic oxidation sites excluding steroid dienone is 4. The number of aryl methyl sites for hydroxylation is 1. The Labute approximate surface area is 268 Å². The van der Waals surface area contributed by atoms with Gasteiger partial charge in [-0.25, -0.2) is 9.07 Å². The fourth-order valence-corrected chi connectivity index (χ4v) is 5.73. The first-order valence-electron chi connectivity index (χ1n) is 15.7. The Bertz CT molecular complexity index is 1640. The molecular formula is C35H38FN7O3. The minimum atomic E-state index is -0.759. The average molecular weight is 624 g/mol. The predicted molar refractivity (Wildman–Crippen MR) is 171 cm³/mol. The number of nitrogens with zero attached hydrogens (tertiary/aromatic N) is 6. The van der Waals surface area contributed by atoms with Crippen molar-refractivity contribution < 1.29 is 18.8 Å². The molecule has 0 radical (unpaired) electrons. The molecule has 3 aromatic rings. The number of halogens is 1. The molecule has 0 saturated carbocycles. The van der Waals surface area contributed by atoms with E-state index in [1.165, 1.54) is 63.4 Å². The zero-order valence-corrected chi connectivity index (χ0v) is 25.9. The molecule has 1 fully saturated rings. The first-order chi connectivity index (χ1) is 22.3. The lowest BCUT2D eigenvalue weighted by Gasteiger charge is -2.26. The van der Waals surface area contributed by atoms with Crippen molar-refractivity contribution in [1.82, 2.24) is 24.8 Å². The number of anilines is 1. The smallest absolute Gasteiger partial charge is 0.276 e. The van der Waals surface area contributed by atoms with Crippen molar-refractivity contribution in [3.05, 3.63) is 95.6 Å². The van der Waals surface area contributed by atoms with Crippen LogP contribution >= 0.6 is 0 Å². The normalized spacial score (nSPS) is 20.2. The van der Waals surface area contributed by atoms with Crippen LogP contribution in [0.5, 0.6) is 0 Å². The van der Waals surface area contributed by atoms with Gasteiger partial charge in [-0.3, -0.25) is 14.4 Å². The summed E-state index contributed by atoms with van der Waals surface area (Å²) < 4.78 is 14.7. The number of nitriles is 1. The minimum Gasteiger partial charge on any atom is -0.328 e. The van der Waals surface area contributed by atoms with Crippen LogP contribution in [0, 0.1) is 23.1 Å². The lowest BCUT2D eigenvalue weighted by molar-refractivity contribution is -0.132. The molecule has 46 heavy (non-hydrogen) atoms. The van der Waals surface area contributed by atoms with Crippen molar-refractivity contribution in [3.63, 3.8) is 0 Å². The predicted octanol–water partition coefficient (Wildman–Crippen LogP) is 5.24. The average Bonchev–Trinajstić information content (AvgIpc) is 3.74. The van der Waals surface area contributed by atoms with Crippen LogP contribution in [-0.4, -0.2) is 68.2 Å². The molecule has 4 aliphatic rings. The van der Waals surface area contributed by atoms with Gasteiger partial charge in [0, 0.05) is 18.8 Å². The highest BCUT2D eigenvalue weighted by Gasteiger charge is 2.39. The first kappa shape index (κ1) is 32.3. The van der Waals surface area contributed by atoms with E-state index in [0.717, 1.165) is 24.8 Å². The van der Waals surface area contributed by atoms with Gasteiger partial charge in [0.2, 0.25) is 11.8 Å². The number of amides is 3. The highest BCUT2D eigenvalue weighted by atomic mass is 19.1. The SMILES string of the molecule is CC1=CCCC=C1.N#CC1CC2CN1C(=O)CN(C(=O)c1cn(-c3ccc(F)cc3)nn1)CCCCCc1ccc(cc1)NC2=O. The largest absolute Gasteiger partial charge is 0.328 e.